The summed E-state index contributed by atoms with van der Waals surface area (Å²) in [5.41, 5.74) is 4.54. The van der Waals surface area contributed by atoms with Crippen LogP contribution in [0.5, 0.6) is 0 Å². The van der Waals surface area contributed by atoms with Crippen LogP contribution in [0.25, 0.3) is 0 Å². The van der Waals surface area contributed by atoms with Gasteiger partial charge in [-0.25, -0.2) is 0 Å². The summed E-state index contributed by atoms with van der Waals surface area (Å²) < 4.78 is 54.1. The molecule has 0 spiro atoms. The fraction of sp³-hybridized carbons (Fsp3) is 0.455. The molecule has 0 radical (unpaired) electrons. The van der Waals surface area contributed by atoms with Crippen LogP contribution in [0.3, 0.4) is 0 Å². The van der Waals surface area contributed by atoms with Crippen LogP contribution in [0.15, 0.2) is 23.1 Å². The third-order valence-electron chi connectivity index (χ3n) is 2.37. The van der Waals surface area contributed by atoms with Crippen LogP contribution in [0, 0.1) is 0 Å². The highest BCUT2D eigenvalue weighted by Crippen LogP contribution is 2.32. The van der Waals surface area contributed by atoms with E-state index in [2.05, 4.69) is 0 Å². The Morgan fingerprint density at radius 2 is 2.06 bits per heavy atom. The molecule has 2 unspecified atom stereocenters. The zero-order valence-corrected chi connectivity index (χ0v) is 10.8. The van der Waals surface area contributed by atoms with Crippen LogP contribution in [-0.2, 0) is 21.7 Å². The van der Waals surface area contributed by atoms with E-state index in [1.807, 2.05) is 0 Å². The molecule has 2 atom stereocenters. The van der Waals surface area contributed by atoms with Gasteiger partial charge in [0.1, 0.15) is 0 Å². The third kappa shape index (κ3) is 3.71. The summed E-state index contributed by atoms with van der Waals surface area (Å²) in [5.74, 6) is 0.187. The second-order valence-corrected chi connectivity index (χ2v) is 5.27. The van der Waals surface area contributed by atoms with Gasteiger partial charge in [-0.2, -0.15) is 13.2 Å². The van der Waals surface area contributed by atoms with Crippen molar-refractivity contribution in [2.24, 2.45) is 0 Å². The molecule has 0 heterocycles. The van der Waals surface area contributed by atoms with Gasteiger partial charge in [0, 0.05) is 12.8 Å². The van der Waals surface area contributed by atoms with Crippen molar-refractivity contribution < 1.29 is 22.1 Å². The normalized spacial score (nSPS) is 15.4. The van der Waals surface area contributed by atoms with Crippen molar-refractivity contribution in [1.82, 2.24) is 0 Å². The maximum Gasteiger partial charge on any atom is 0.416 e. The van der Waals surface area contributed by atoms with Crippen molar-refractivity contribution >= 4 is 16.5 Å². The number of halogens is 3. The van der Waals surface area contributed by atoms with Gasteiger partial charge in [-0.3, -0.25) is 4.21 Å². The van der Waals surface area contributed by atoms with E-state index in [-0.39, 0.29) is 22.4 Å². The molecular weight excluding hydrogens is 267 g/mol. The summed E-state index contributed by atoms with van der Waals surface area (Å²) in [7, 11) is -0.00714. The first-order chi connectivity index (χ1) is 8.25. The van der Waals surface area contributed by atoms with Gasteiger partial charge in [0.15, 0.2) is 0 Å². The van der Waals surface area contributed by atoms with Crippen LogP contribution in [0.2, 0.25) is 0 Å². The molecule has 0 bridgehead atoms. The van der Waals surface area contributed by atoms with Gasteiger partial charge in [-0.1, -0.05) is 0 Å². The van der Waals surface area contributed by atoms with Gasteiger partial charge in [0.05, 0.1) is 33.1 Å². The summed E-state index contributed by atoms with van der Waals surface area (Å²) in [4.78, 5) is 0.201. The fourth-order valence-corrected chi connectivity index (χ4v) is 2.59. The topological polar surface area (TPSA) is 52.3 Å². The molecule has 0 amide bonds. The molecule has 7 heteroatoms. The average molecular weight is 281 g/mol. The van der Waals surface area contributed by atoms with Crippen molar-refractivity contribution in [3.8, 4) is 0 Å². The average Bonchev–Trinajstić information content (AvgIpc) is 2.27. The van der Waals surface area contributed by atoms with E-state index in [0.717, 1.165) is 18.2 Å². The molecular formula is C11H14F3NO2S. The molecule has 0 aliphatic carbocycles. The SMILES string of the molecule is COC(C)CS(=O)c1ccc(C(F)(F)F)cc1N. The van der Waals surface area contributed by atoms with Gasteiger partial charge < -0.3 is 10.5 Å². The lowest BCUT2D eigenvalue weighted by Gasteiger charge is -2.12. The summed E-state index contributed by atoms with van der Waals surface area (Å²) in [6.07, 6.45) is -4.71. The van der Waals surface area contributed by atoms with Gasteiger partial charge >= 0.3 is 6.18 Å². The van der Waals surface area contributed by atoms with Crippen molar-refractivity contribution in [3.63, 3.8) is 0 Å². The zero-order valence-electron chi connectivity index (χ0n) is 9.95. The van der Waals surface area contributed by atoms with E-state index in [4.69, 9.17) is 10.5 Å². The number of nitrogens with two attached hydrogens (primary N) is 1. The highest BCUT2D eigenvalue weighted by Gasteiger charge is 2.31. The molecule has 0 aliphatic heterocycles. The van der Waals surface area contributed by atoms with Gasteiger partial charge in [-0.05, 0) is 25.1 Å². The Hall–Kier alpha value is -1.08. The Labute approximate surface area is 106 Å². The summed E-state index contributed by atoms with van der Waals surface area (Å²) in [6, 6.07) is 2.82. The first kappa shape index (κ1) is 15.0. The lowest BCUT2D eigenvalue weighted by Crippen LogP contribution is -2.16. The minimum atomic E-state index is -4.45. The number of hydrogen-bond acceptors (Lipinski definition) is 3. The third-order valence-corrected chi connectivity index (χ3v) is 4.01. The molecule has 0 aliphatic rings. The van der Waals surface area contributed by atoms with Crippen molar-refractivity contribution in [2.45, 2.75) is 24.1 Å². The highest BCUT2D eigenvalue weighted by molar-refractivity contribution is 7.85. The lowest BCUT2D eigenvalue weighted by molar-refractivity contribution is -0.137. The zero-order chi connectivity index (χ0) is 13.9. The maximum atomic E-state index is 12.4. The molecule has 1 aromatic carbocycles. The molecule has 3 nitrogen and oxygen atoms in total. The fourth-order valence-electron chi connectivity index (χ4n) is 1.30. The van der Waals surface area contributed by atoms with Crippen LogP contribution in [-0.4, -0.2) is 23.2 Å². The molecule has 18 heavy (non-hydrogen) atoms. The van der Waals surface area contributed by atoms with Crippen LogP contribution in [0.4, 0.5) is 18.9 Å². The van der Waals surface area contributed by atoms with E-state index >= 15 is 0 Å². The second-order valence-electron chi connectivity index (χ2n) is 3.81. The molecule has 0 aromatic heterocycles. The number of alkyl halides is 3. The van der Waals surface area contributed by atoms with Crippen molar-refractivity contribution in [2.75, 3.05) is 18.6 Å². The number of ether oxygens (including phenoxy) is 1. The Balaban J connectivity index is 2.96. The minimum absolute atomic E-state index is 0.119. The first-order valence-corrected chi connectivity index (χ1v) is 6.45. The lowest BCUT2D eigenvalue weighted by atomic mass is 10.2. The molecule has 0 fully saturated rings. The van der Waals surface area contributed by atoms with E-state index in [9.17, 15) is 17.4 Å². The smallest absolute Gasteiger partial charge is 0.398 e. The summed E-state index contributed by atoms with van der Waals surface area (Å²) >= 11 is 0. The van der Waals surface area contributed by atoms with Gasteiger partial charge in [-0.15, -0.1) is 0 Å². The predicted molar refractivity (Wildman–Crippen MR) is 63.6 cm³/mol. The molecule has 0 saturated carbocycles. The summed E-state index contributed by atoms with van der Waals surface area (Å²) in [5, 5.41) is 0. The number of nitrogen functional groups attached to an aromatic ring is 1. The monoisotopic (exact) mass is 281 g/mol. The molecule has 0 saturated heterocycles. The van der Waals surface area contributed by atoms with E-state index in [1.54, 1.807) is 6.92 Å². The highest BCUT2D eigenvalue weighted by atomic mass is 32.2. The van der Waals surface area contributed by atoms with E-state index < -0.39 is 22.5 Å². The second kappa shape index (κ2) is 5.71. The standard InChI is InChI=1S/C11H14F3NO2S/c1-7(17-2)6-18(16)10-4-3-8(5-9(10)15)11(12,13)14/h3-5,7H,6,15H2,1-2H3. The van der Waals surface area contributed by atoms with Gasteiger partial charge in [0.25, 0.3) is 0 Å². The molecule has 102 valence electrons. The van der Waals surface area contributed by atoms with E-state index in [0.29, 0.717) is 0 Å². The maximum absolute atomic E-state index is 12.4. The van der Waals surface area contributed by atoms with Gasteiger partial charge in [0.2, 0.25) is 0 Å². The summed E-state index contributed by atoms with van der Waals surface area (Å²) in [6.45, 7) is 1.72. The van der Waals surface area contributed by atoms with Crippen LogP contribution >= 0.6 is 0 Å². The van der Waals surface area contributed by atoms with Crippen molar-refractivity contribution in [1.29, 1.82) is 0 Å². The number of benzene rings is 1. The predicted octanol–water partition coefficient (Wildman–Crippen LogP) is 2.43. The Bertz CT molecular complexity index is 448. The van der Waals surface area contributed by atoms with Crippen LogP contribution in [0.1, 0.15) is 12.5 Å². The number of hydrogen-bond donors (Lipinski definition) is 1. The molecule has 1 rings (SSSR count). The van der Waals surface area contributed by atoms with Crippen LogP contribution < -0.4 is 5.73 Å². The first-order valence-electron chi connectivity index (χ1n) is 5.13. The number of anilines is 1. The van der Waals surface area contributed by atoms with Crippen molar-refractivity contribution in [3.05, 3.63) is 23.8 Å². The minimum Gasteiger partial charge on any atom is -0.398 e. The molecule has 1 aromatic rings. The Kier molecular flexibility index (Phi) is 4.75. The Morgan fingerprint density at radius 1 is 1.44 bits per heavy atom. The largest absolute Gasteiger partial charge is 0.416 e. The number of methoxy groups -OCH3 is 1. The Morgan fingerprint density at radius 3 is 2.50 bits per heavy atom. The quantitative estimate of drug-likeness (QED) is 0.862. The van der Waals surface area contributed by atoms with E-state index in [1.165, 1.54) is 7.11 Å². The number of rotatable bonds is 4. The molecule has 2 N–H and O–H groups in total.